The van der Waals surface area contributed by atoms with Crippen LogP contribution < -0.4 is 15.9 Å². The van der Waals surface area contributed by atoms with E-state index in [1.165, 1.54) is 16.7 Å². The fourth-order valence-electron chi connectivity index (χ4n) is 2.60. The highest BCUT2D eigenvalue weighted by molar-refractivity contribution is 5.94. The molecule has 0 saturated heterocycles. The first-order chi connectivity index (χ1) is 12.7. The van der Waals surface area contributed by atoms with E-state index in [0.717, 1.165) is 16.8 Å². The molecule has 27 heavy (non-hydrogen) atoms. The average Bonchev–Trinajstić information content (AvgIpc) is 2.90. The summed E-state index contributed by atoms with van der Waals surface area (Å²) in [6.07, 6.45) is -3.03. The Hall–Kier alpha value is -3.30. The third-order valence-electron chi connectivity index (χ3n) is 3.86. The van der Waals surface area contributed by atoms with Gasteiger partial charge in [-0.1, -0.05) is 6.07 Å². The van der Waals surface area contributed by atoms with Crippen molar-refractivity contribution in [3.8, 4) is 0 Å². The zero-order valence-electron chi connectivity index (χ0n) is 14.5. The molecule has 142 valence electrons. The molecular weight excluding hydrogens is 363 g/mol. The molecule has 0 radical (unpaired) electrons. The molecule has 0 atom stereocenters. The van der Waals surface area contributed by atoms with E-state index in [4.69, 9.17) is 0 Å². The van der Waals surface area contributed by atoms with Crippen molar-refractivity contribution in [3.05, 3.63) is 58.6 Å². The van der Waals surface area contributed by atoms with Gasteiger partial charge < -0.3 is 10.2 Å². The van der Waals surface area contributed by atoms with Gasteiger partial charge in [0.05, 0.1) is 16.9 Å². The van der Waals surface area contributed by atoms with Gasteiger partial charge in [-0.3, -0.25) is 9.20 Å². The fourth-order valence-corrected chi connectivity index (χ4v) is 2.60. The van der Waals surface area contributed by atoms with Gasteiger partial charge in [-0.15, -0.1) is 5.10 Å². The van der Waals surface area contributed by atoms with E-state index in [1.807, 2.05) is 0 Å². The Kier molecular flexibility index (Phi) is 4.64. The van der Waals surface area contributed by atoms with Gasteiger partial charge in [0.15, 0.2) is 5.65 Å². The van der Waals surface area contributed by atoms with E-state index >= 15 is 0 Å². The Bertz CT molecular complexity index is 1050. The maximum Gasteiger partial charge on any atom is 0.416 e. The lowest BCUT2D eigenvalue weighted by molar-refractivity contribution is -0.137. The van der Waals surface area contributed by atoms with E-state index in [2.05, 4.69) is 10.4 Å². The van der Waals surface area contributed by atoms with Gasteiger partial charge in [0, 0.05) is 20.3 Å². The van der Waals surface area contributed by atoms with E-state index in [-0.39, 0.29) is 5.69 Å². The highest BCUT2D eigenvalue weighted by Gasteiger charge is 2.31. The van der Waals surface area contributed by atoms with E-state index in [0.29, 0.717) is 11.3 Å². The van der Waals surface area contributed by atoms with Crippen molar-refractivity contribution in [2.24, 2.45) is 0 Å². The summed E-state index contributed by atoms with van der Waals surface area (Å²) in [4.78, 5) is 26.1. The van der Waals surface area contributed by atoms with E-state index < -0.39 is 29.9 Å². The summed E-state index contributed by atoms with van der Waals surface area (Å²) < 4.78 is 41.1. The summed E-state index contributed by atoms with van der Waals surface area (Å²) in [6.45, 7) is -0.427. The van der Waals surface area contributed by atoms with Crippen LogP contribution in [0.1, 0.15) is 5.56 Å². The first-order valence-electron chi connectivity index (χ1n) is 7.89. The number of anilines is 2. The van der Waals surface area contributed by atoms with Gasteiger partial charge in [-0.2, -0.15) is 13.2 Å². The zero-order valence-corrected chi connectivity index (χ0v) is 14.5. The first kappa shape index (κ1) is 18.5. The van der Waals surface area contributed by atoms with Gasteiger partial charge >= 0.3 is 11.9 Å². The number of rotatable bonds is 4. The number of aromatic nitrogens is 3. The number of amides is 1. The van der Waals surface area contributed by atoms with Crippen molar-refractivity contribution in [2.75, 3.05) is 24.3 Å². The molecule has 7 nitrogen and oxygen atoms in total. The molecule has 0 bridgehead atoms. The Labute approximate surface area is 151 Å². The minimum Gasteiger partial charge on any atom is -0.376 e. The second kappa shape index (κ2) is 6.78. The number of carbonyl (C=O) groups excluding carboxylic acids is 1. The van der Waals surface area contributed by atoms with Gasteiger partial charge in [0.2, 0.25) is 5.91 Å². The van der Waals surface area contributed by atoms with Crippen LogP contribution in [0.2, 0.25) is 0 Å². The highest BCUT2D eigenvalue weighted by atomic mass is 19.4. The predicted molar refractivity (Wildman–Crippen MR) is 93.9 cm³/mol. The van der Waals surface area contributed by atoms with Crippen LogP contribution in [-0.4, -0.2) is 34.2 Å². The van der Waals surface area contributed by atoms with Crippen LogP contribution in [0.25, 0.3) is 5.65 Å². The number of nitrogens with zero attached hydrogens (tertiary/aromatic N) is 4. The molecule has 0 aliphatic heterocycles. The number of nitrogens with one attached hydrogen (secondary N) is 1. The van der Waals surface area contributed by atoms with E-state index in [1.54, 1.807) is 37.2 Å². The van der Waals surface area contributed by atoms with Gasteiger partial charge in [-0.25, -0.2) is 9.48 Å². The van der Waals surface area contributed by atoms with Crippen molar-refractivity contribution in [3.63, 3.8) is 0 Å². The van der Waals surface area contributed by atoms with Crippen LogP contribution in [-0.2, 0) is 17.5 Å². The fraction of sp³-hybridized carbons (Fsp3) is 0.235. The minimum absolute atomic E-state index is 0.00311. The number of hydrogen-bond acceptors (Lipinski definition) is 4. The van der Waals surface area contributed by atoms with Crippen molar-refractivity contribution in [1.82, 2.24) is 14.2 Å². The van der Waals surface area contributed by atoms with Crippen LogP contribution in [0.4, 0.5) is 24.5 Å². The zero-order chi connectivity index (χ0) is 19.8. The molecule has 0 spiro atoms. The third kappa shape index (κ3) is 3.78. The van der Waals surface area contributed by atoms with Crippen molar-refractivity contribution in [1.29, 1.82) is 0 Å². The van der Waals surface area contributed by atoms with Gasteiger partial charge in [0.25, 0.3) is 0 Å². The Morgan fingerprint density at radius 2 is 1.96 bits per heavy atom. The van der Waals surface area contributed by atoms with Crippen molar-refractivity contribution in [2.45, 2.75) is 12.7 Å². The summed E-state index contributed by atoms with van der Waals surface area (Å²) in [5.41, 5.74) is -0.635. The van der Waals surface area contributed by atoms with Crippen LogP contribution in [0.15, 0.2) is 47.4 Å². The van der Waals surface area contributed by atoms with Crippen LogP contribution in [0.3, 0.4) is 0 Å². The normalized spacial score (nSPS) is 11.6. The maximum atomic E-state index is 13.0. The molecule has 2 heterocycles. The molecule has 2 aromatic heterocycles. The lowest BCUT2D eigenvalue weighted by atomic mass is 10.1. The number of pyridine rings is 1. The van der Waals surface area contributed by atoms with Gasteiger partial charge in [-0.05, 0) is 30.3 Å². The summed E-state index contributed by atoms with van der Waals surface area (Å²) in [5, 5.41) is 6.46. The molecule has 0 fully saturated rings. The second-order valence-corrected chi connectivity index (χ2v) is 6.04. The number of halogens is 3. The molecule has 3 rings (SSSR count). The number of carbonyl (C=O) groups is 1. The number of alkyl halides is 3. The number of hydrogen-bond donors (Lipinski definition) is 1. The minimum atomic E-state index is -4.54. The van der Waals surface area contributed by atoms with E-state index in [9.17, 15) is 22.8 Å². The SMILES string of the molecule is CN(C)c1ccc(C(F)(F)F)cc1NC(=O)Cn1nc2ccccn2c1=O. The number of benzene rings is 1. The summed E-state index contributed by atoms with van der Waals surface area (Å²) in [6, 6.07) is 8.02. The third-order valence-corrected chi connectivity index (χ3v) is 3.86. The molecule has 1 aromatic carbocycles. The summed E-state index contributed by atoms with van der Waals surface area (Å²) in [7, 11) is 3.29. The molecular formula is C17H16F3N5O2. The smallest absolute Gasteiger partial charge is 0.376 e. The largest absolute Gasteiger partial charge is 0.416 e. The Balaban J connectivity index is 1.88. The van der Waals surface area contributed by atoms with Crippen LogP contribution >= 0.6 is 0 Å². The van der Waals surface area contributed by atoms with Crippen LogP contribution in [0.5, 0.6) is 0 Å². The van der Waals surface area contributed by atoms with Crippen molar-refractivity contribution >= 4 is 22.9 Å². The molecule has 1 amide bonds. The lowest BCUT2D eigenvalue weighted by Crippen LogP contribution is -2.28. The van der Waals surface area contributed by atoms with Crippen LogP contribution in [0, 0.1) is 0 Å². The maximum absolute atomic E-state index is 13.0. The quantitative estimate of drug-likeness (QED) is 0.755. The Morgan fingerprint density at radius 1 is 1.22 bits per heavy atom. The molecule has 10 heteroatoms. The first-order valence-corrected chi connectivity index (χ1v) is 7.89. The Morgan fingerprint density at radius 3 is 2.59 bits per heavy atom. The second-order valence-electron chi connectivity index (χ2n) is 6.04. The topological polar surface area (TPSA) is 71.6 Å². The number of fused-ring (bicyclic) bond motifs is 1. The predicted octanol–water partition coefficient (Wildman–Crippen LogP) is 2.22. The monoisotopic (exact) mass is 379 g/mol. The molecule has 0 unspecified atom stereocenters. The molecule has 1 N–H and O–H groups in total. The van der Waals surface area contributed by atoms with Crippen molar-refractivity contribution < 1.29 is 18.0 Å². The highest BCUT2D eigenvalue weighted by Crippen LogP contribution is 2.34. The molecule has 0 aliphatic carbocycles. The summed E-state index contributed by atoms with van der Waals surface area (Å²) in [5.74, 6) is -0.664. The standard InChI is InChI=1S/C17H16F3N5O2/c1-23(2)13-7-6-11(17(18,19)20)9-12(13)21-15(26)10-25-16(27)24-8-4-3-5-14(24)22-25/h3-9H,10H2,1-2H3,(H,21,26). The van der Waals surface area contributed by atoms with Gasteiger partial charge in [0.1, 0.15) is 6.54 Å². The summed E-state index contributed by atoms with van der Waals surface area (Å²) >= 11 is 0. The molecule has 3 aromatic rings. The lowest BCUT2D eigenvalue weighted by Gasteiger charge is -2.19. The molecule has 0 aliphatic rings. The molecule has 0 saturated carbocycles. The average molecular weight is 379 g/mol.